The van der Waals surface area contributed by atoms with E-state index < -0.39 is 5.60 Å². The molecule has 0 bridgehead atoms. The molecule has 2 rings (SSSR count). The molecule has 0 saturated heterocycles. The van der Waals surface area contributed by atoms with Crippen LogP contribution >= 0.6 is 0 Å². The molecule has 0 unspecified atom stereocenters. The standard InChI is InChI=1S/C16H24O/c1-16(2,17)15-12-8-7-11-14(15)13-9-5-3-4-6-10-13/h7-8,11-13,17H,3-6,9-10H2,1-2H3. The Labute approximate surface area is 105 Å². The second kappa shape index (κ2) is 5.22. The van der Waals surface area contributed by atoms with Crippen LogP contribution in [0.1, 0.15) is 69.4 Å². The minimum Gasteiger partial charge on any atom is -0.386 e. The molecule has 1 aromatic rings. The van der Waals surface area contributed by atoms with Crippen molar-refractivity contribution in [2.45, 2.75) is 63.9 Å². The lowest BCUT2D eigenvalue weighted by Crippen LogP contribution is -2.19. The van der Waals surface area contributed by atoms with Gasteiger partial charge in [-0.05, 0) is 43.7 Å². The maximum Gasteiger partial charge on any atom is 0.0843 e. The van der Waals surface area contributed by atoms with Gasteiger partial charge in [-0.3, -0.25) is 0 Å². The lowest BCUT2D eigenvalue weighted by Gasteiger charge is -2.26. The second-order valence-corrected chi connectivity index (χ2v) is 5.83. The Morgan fingerprint density at radius 1 is 1.00 bits per heavy atom. The number of hydrogen-bond acceptors (Lipinski definition) is 1. The molecule has 0 aromatic heterocycles. The molecule has 17 heavy (non-hydrogen) atoms. The highest BCUT2D eigenvalue weighted by molar-refractivity contribution is 5.34. The van der Waals surface area contributed by atoms with Crippen LogP contribution in [-0.2, 0) is 5.60 Å². The molecule has 0 aliphatic heterocycles. The summed E-state index contributed by atoms with van der Waals surface area (Å²) in [7, 11) is 0. The molecule has 1 aliphatic carbocycles. The third kappa shape index (κ3) is 3.10. The van der Waals surface area contributed by atoms with Crippen LogP contribution in [0.4, 0.5) is 0 Å². The molecule has 0 atom stereocenters. The average molecular weight is 232 g/mol. The van der Waals surface area contributed by atoms with E-state index in [0.717, 1.165) is 5.56 Å². The zero-order chi connectivity index (χ0) is 12.3. The van der Waals surface area contributed by atoms with E-state index in [0.29, 0.717) is 5.92 Å². The Balaban J connectivity index is 2.30. The smallest absolute Gasteiger partial charge is 0.0843 e. The first-order chi connectivity index (χ1) is 8.09. The largest absolute Gasteiger partial charge is 0.386 e. The van der Waals surface area contributed by atoms with E-state index in [2.05, 4.69) is 18.2 Å². The molecule has 0 heterocycles. The molecule has 1 saturated carbocycles. The van der Waals surface area contributed by atoms with Gasteiger partial charge in [-0.1, -0.05) is 49.9 Å². The monoisotopic (exact) mass is 232 g/mol. The summed E-state index contributed by atoms with van der Waals surface area (Å²) in [6.07, 6.45) is 8.00. The van der Waals surface area contributed by atoms with Crippen molar-refractivity contribution in [3.63, 3.8) is 0 Å². The average Bonchev–Trinajstić information content (AvgIpc) is 2.56. The van der Waals surface area contributed by atoms with Crippen molar-refractivity contribution in [3.05, 3.63) is 35.4 Å². The summed E-state index contributed by atoms with van der Waals surface area (Å²) < 4.78 is 0. The van der Waals surface area contributed by atoms with E-state index >= 15 is 0 Å². The van der Waals surface area contributed by atoms with Crippen molar-refractivity contribution in [2.75, 3.05) is 0 Å². The minimum absolute atomic E-state index is 0.653. The second-order valence-electron chi connectivity index (χ2n) is 5.83. The Morgan fingerprint density at radius 3 is 2.18 bits per heavy atom. The van der Waals surface area contributed by atoms with Crippen molar-refractivity contribution in [3.8, 4) is 0 Å². The van der Waals surface area contributed by atoms with Gasteiger partial charge in [-0.2, -0.15) is 0 Å². The highest BCUT2D eigenvalue weighted by Crippen LogP contribution is 2.36. The predicted octanol–water partition coefficient (Wildman–Crippen LogP) is 4.35. The number of rotatable bonds is 2. The molecular formula is C16H24O. The highest BCUT2D eigenvalue weighted by atomic mass is 16.3. The van der Waals surface area contributed by atoms with E-state index in [1.807, 2.05) is 19.9 Å². The summed E-state index contributed by atoms with van der Waals surface area (Å²) in [6.45, 7) is 3.78. The van der Waals surface area contributed by atoms with E-state index in [4.69, 9.17) is 0 Å². The van der Waals surface area contributed by atoms with Crippen LogP contribution in [0.3, 0.4) is 0 Å². The number of benzene rings is 1. The summed E-state index contributed by atoms with van der Waals surface area (Å²) in [4.78, 5) is 0. The van der Waals surface area contributed by atoms with Gasteiger partial charge in [-0.25, -0.2) is 0 Å². The SMILES string of the molecule is CC(C)(O)c1ccccc1C1CCCCCC1. The van der Waals surface area contributed by atoms with E-state index in [-0.39, 0.29) is 0 Å². The van der Waals surface area contributed by atoms with E-state index in [1.165, 1.54) is 44.1 Å². The van der Waals surface area contributed by atoms with Crippen molar-refractivity contribution < 1.29 is 5.11 Å². The van der Waals surface area contributed by atoms with Crippen LogP contribution in [0, 0.1) is 0 Å². The van der Waals surface area contributed by atoms with Gasteiger partial charge in [-0.15, -0.1) is 0 Å². The summed E-state index contributed by atoms with van der Waals surface area (Å²) in [5.74, 6) is 0.653. The zero-order valence-corrected chi connectivity index (χ0v) is 11.1. The maximum atomic E-state index is 10.3. The maximum absolute atomic E-state index is 10.3. The van der Waals surface area contributed by atoms with Gasteiger partial charge in [0, 0.05) is 0 Å². The first-order valence-corrected chi connectivity index (χ1v) is 6.91. The fourth-order valence-corrected chi connectivity index (χ4v) is 3.00. The van der Waals surface area contributed by atoms with Gasteiger partial charge < -0.3 is 5.11 Å². The molecule has 1 fully saturated rings. The van der Waals surface area contributed by atoms with E-state index in [1.54, 1.807) is 0 Å². The van der Waals surface area contributed by atoms with Crippen LogP contribution < -0.4 is 0 Å². The van der Waals surface area contributed by atoms with Gasteiger partial charge in [0.25, 0.3) is 0 Å². The first-order valence-electron chi connectivity index (χ1n) is 6.91. The molecule has 1 nitrogen and oxygen atoms in total. The Kier molecular flexibility index (Phi) is 3.88. The lowest BCUT2D eigenvalue weighted by atomic mass is 9.83. The third-order valence-electron chi connectivity index (χ3n) is 3.91. The number of aliphatic hydroxyl groups is 1. The van der Waals surface area contributed by atoms with Gasteiger partial charge in [0.05, 0.1) is 5.60 Å². The van der Waals surface area contributed by atoms with Crippen molar-refractivity contribution >= 4 is 0 Å². The van der Waals surface area contributed by atoms with Crippen LogP contribution in [-0.4, -0.2) is 5.11 Å². The van der Waals surface area contributed by atoms with Crippen molar-refractivity contribution in [1.82, 2.24) is 0 Å². The predicted molar refractivity (Wildman–Crippen MR) is 72.1 cm³/mol. The third-order valence-corrected chi connectivity index (χ3v) is 3.91. The van der Waals surface area contributed by atoms with Crippen LogP contribution in [0.25, 0.3) is 0 Å². The quantitative estimate of drug-likeness (QED) is 0.751. The molecule has 1 aromatic carbocycles. The normalized spacial score (nSPS) is 19.0. The van der Waals surface area contributed by atoms with Crippen LogP contribution in [0.5, 0.6) is 0 Å². The molecule has 0 amide bonds. The van der Waals surface area contributed by atoms with Gasteiger partial charge in [0.2, 0.25) is 0 Å². The fourth-order valence-electron chi connectivity index (χ4n) is 3.00. The summed E-state index contributed by atoms with van der Waals surface area (Å²) in [6, 6.07) is 8.44. The fraction of sp³-hybridized carbons (Fsp3) is 0.625. The van der Waals surface area contributed by atoms with E-state index in [9.17, 15) is 5.11 Å². The molecule has 0 radical (unpaired) electrons. The first kappa shape index (κ1) is 12.6. The summed E-state index contributed by atoms with van der Waals surface area (Å²) >= 11 is 0. The summed E-state index contributed by atoms with van der Waals surface area (Å²) in [5, 5.41) is 10.3. The van der Waals surface area contributed by atoms with Crippen molar-refractivity contribution in [2.24, 2.45) is 0 Å². The minimum atomic E-state index is -0.719. The molecule has 94 valence electrons. The summed E-state index contributed by atoms with van der Waals surface area (Å²) in [5.41, 5.74) is 1.77. The number of hydrogen-bond donors (Lipinski definition) is 1. The molecule has 1 aliphatic rings. The topological polar surface area (TPSA) is 20.2 Å². The molecular weight excluding hydrogens is 208 g/mol. The highest BCUT2D eigenvalue weighted by Gasteiger charge is 2.24. The Morgan fingerprint density at radius 2 is 1.59 bits per heavy atom. The van der Waals surface area contributed by atoms with Gasteiger partial charge in [0.1, 0.15) is 0 Å². The van der Waals surface area contributed by atoms with Crippen molar-refractivity contribution in [1.29, 1.82) is 0 Å². The van der Waals surface area contributed by atoms with Gasteiger partial charge in [0.15, 0.2) is 0 Å². The van der Waals surface area contributed by atoms with Crippen LogP contribution in [0.15, 0.2) is 24.3 Å². The molecule has 1 N–H and O–H groups in total. The molecule has 1 heteroatoms. The Hall–Kier alpha value is -0.820. The van der Waals surface area contributed by atoms with Crippen LogP contribution in [0.2, 0.25) is 0 Å². The zero-order valence-electron chi connectivity index (χ0n) is 11.1. The lowest BCUT2D eigenvalue weighted by molar-refractivity contribution is 0.0771. The van der Waals surface area contributed by atoms with Gasteiger partial charge >= 0.3 is 0 Å². The molecule has 0 spiro atoms. The Bertz CT molecular complexity index is 354.